The lowest BCUT2D eigenvalue weighted by Crippen LogP contribution is -2.30. The normalized spacial score (nSPS) is 15.0. The maximum Gasteiger partial charge on any atom is 0.255 e. The van der Waals surface area contributed by atoms with Gasteiger partial charge in [0.2, 0.25) is 0 Å². The third-order valence-electron chi connectivity index (χ3n) is 4.80. The van der Waals surface area contributed by atoms with Crippen LogP contribution in [0.1, 0.15) is 38.5 Å². The molecule has 31 heavy (non-hydrogen) atoms. The van der Waals surface area contributed by atoms with Crippen LogP contribution >= 0.6 is 0 Å². The zero-order chi connectivity index (χ0) is 21.5. The lowest BCUT2D eigenvalue weighted by molar-refractivity contribution is 0.0947. The molecule has 2 bridgehead atoms. The van der Waals surface area contributed by atoms with Crippen molar-refractivity contribution in [1.29, 1.82) is 0 Å². The van der Waals surface area contributed by atoms with Crippen LogP contribution in [0.25, 0.3) is 0 Å². The first-order valence-electron chi connectivity index (χ1n) is 10.2. The number of benzene rings is 2. The van der Waals surface area contributed by atoms with E-state index in [1.165, 1.54) is 0 Å². The fraction of sp³-hybridized carbons (Fsp3) is 0.208. The summed E-state index contributed by atoms with van der Waals surface area (Å²) in [6.45, 7) is 1.29. The molecule has 7 heteroatoms. The summed E-state index contributed by atoms with van der Waals surface area (Å²) in [5.74, 6) is 0.547. The van der Waals surface area contributed by atoms with Gasteiger partial charge >= 0.3 is 0 Å². The minimum atomic E-state index is -0.219. The average molecular weight is 417 g/mol. The van der Waals surface area contributed by atoms with Crippen LogP contribution in [0.4, 0.5) is 0 Å². The number of amides is 2. The van der Waals surface area contributed by atoms with Gasteiger partial charge in [0.05, 0.1) is 22.5 Å². The fourth-order valence-corrected chi connectivity index (χ4v) is 3.24. The molecule has 1 aliphatic heterocycles. The standard InChI is InChI=1S/C24H23N3O4/c28-23-19-9-1-3-11-21(19)30-15-17-7-5-8-18(27-17)16-31-22-12-4-2-10-20(22)24(29)26-14-6-13-25-23/h1-5,7-12H,6,13-16H2,(H,25,28)(H,26,29). The van der Waals surface area contributed by atoms with E-state index in [1.807, 2.05) is 30.3 Å². The number of carbonyl (C=O) groups is 2. The summed E-state index contributed by atoms with van der Waals surface area (Å²) in [7, 11) is 0. The zero-order valence-corrected chi connectivity index (χ0v) is 17.0. The molecule has 0 unspecified atom stereocenters. The molecule has 2 N–H and O–H groups in total. The van der Waals surface area contributed by atoms with Crippen LogP contribution in [-0.4, -0.2) is 29.9 Å². The Balaban J connectivity index is 1.59. The molecule has 2 amide bonds. The van der Waals surface area contributed by atoms with Gasteiger partial charge in [-0.1, -0.05) is 30.3 Å². The Labute approximate surface area is 180 Å². The van der Waals surface area contributed by atoms with E-state index < -0.39 is 0 Å². The second-order valence-corrected chi connectivity index (χ2v) is 7.06. The quantitative estimate of drug-likeness (QED) is 0.587. The highest BCUT2D eigenvalue weighted by Gasteiger charge is 2.14. The van der Waals surface area contributed by atoms with Crippen molar-refractivity contribution in [1.82, 2.24) is 15.6 Å². The third kappa shape index (κ3) is 5.19. The highest BCUT2D eigenvalue weighted by Crippen LogP contribution is 2.21. The van der Waals surface area contributed by atoms with Crippen molar-refractivity contribution >= 4 is 11.8 Å². The molecule has 0 saturated carbocycles. The number of hydrogen-bond acceptors (Lipinski definition) is 5. The molecule has 1 aromatic heterocycles. The van der Waals surface area contributed by atoms with E-state index >= 15 is 0 Å². The molecule has 0 aliphatic carbocycles. The Morgan fingerprint density at radius 1 is 0.645 bits per heavy atom. The first-order chi connectivity index (χ1) is 15.2. The average Bonchev–Trinajstić information content (AvgIpc) is 2.81. The molecule has 0 radical (unpaired) electrons. The summed E-state index contributed by atoms with van der Waals surface area (Å²) in [5, 5.41) is 5.74. The molecule has 2 heterocycles. The van der Waals surface area contributed by atoms with E-state index in [0.29, 0.717) is 53.5 Å². The van der Waals surface area contributed by atoms with Gasteiger partial charge in [0.15, 0.2) is 0 Å². The Bertz CT molecular complexity index is 1000. The fourth-order valence-electron chi connectivity index (χ4n) is 3.24. The summed E-state index contributed by atoms with van der Waals surface area (Å²) in [4.78, 5) is 29.8. The van der Waals surface area contributed by atoms with Gasteiger partial charge < -0.3 is 20.1 Å². The SMILES string of the molecule is O=C1NCCCNC(=O)c2ccccc2OCc2cccc(n2)COc2ccccc21. The van der Waals surface area contributed by atoms with Gasteiger partial charge in [0.1, 0.15) is 24.7 Å². The van der Waals surface area contributed by atoms with E-state index in [0.717, 1.165) is 0 Å². The van der Waals surface area contributed by atoms with Crippen molar-refractivity contribution in [2.45, 2.75) is 19.6 Å². The van der Waals surface area contributed by atoms with Gasteiger partial charge in [-0.05, 0) is 42.8 Å². The molecule has 3 aromatic rings. The summed E-state index contributed by atoms with van der Waals surface area (Å²) >= 11 is 0. The summed E-state index contributed by atoms with van der Waals surface area (Å²) in [6, 6.07) is 19.8. The number of nitrogens with one attached hydrogen (secondary N) is 2. The first kappa shape index (κ1) is 20.4. The van der Waals surface area contributed by atoms with Crippen molar-refractivity contribution in [2.75, 3.05) is 13.1 Å². The third-order valence-corrected chi connectivity index (χ3v) is 4.80. The van der Waals surface area contributed by atoms with E-state index in [2.05, 4.69) is 15.6 Å². The molecule has 0 saturated heterocycles. The van der Waals surface area contributed by atoms with Crippen LogP contribution in [0.15, 0.2) is 66.7 Å². The number of carbonyl (C=O) groups excluding carboxylic acids is 2. The highest BCUT2D eigenvalue weighted by atomic mass is 16.5. The van der Waals surface area contributed by atoms with Gasteiger partial charge in [-0.25, -0.2) is 0 Å². The van der Waals surface area contributed by atoms with Gasteiger partial charge in [-0.3, -0.25) is 14.6 Å². The van der Waals surface area contributed by atoms with Crippen molar-refractivity contribution in [3.05, 3.63) is 89.2 Å². The van der Waals surface area contributed by atoms with E-state index in [-0.39, 0.29) is 25.0 Å². The van der Waals surface area contributed by atoms with Gasteiger partial charge in [0.25, 0.3) is 11.8 Å². The minimum Gasteiger partial charge on any atom is -0.486 e. The smallest absolute Gasteiger partial charge is 0.255 e. The predicted octanol–water partition coefficient (Wildman–Crippen LogP) is 3.10. The minimum absolute atomic E-state index is 0.219. The lowest BCUT2D eigenvalue weighted by atomic mass is 10.1. The highest BCUT2D eigenvalue weighted by molar-refractivity contribution is 5.97. The molecule has 0 atom stereocenters. The van der Waals surface area contributed by atoms with E-state index in [4.69, 9.17) is 9.47 Å². The molecule has 0 fully saturated rings. The molecule has 1 aliphatic rings. The first-order valence-corrected chi connectivity index (χ1v) is 10.2. The van der Waals surface area contributed by atoms with Gasteiger partial charge in [-0.2, -0.15) is 0 Å². The Kier molecular flexibility index (Phi) is 6.42. The number of ether oxygens (including phenoxy) is 2. The summed E-state index contributed by atoms with van der Waals surface area (Å²) in [5.41, 5.74) is 2.34. The second kappa shape index (κ2) is 9.75. The maximum absolute atomic E-state index is 12.6. The molecular weight excluding hydrogens is 394 g/mol. The number of aromatic nitrogens is 1. The second-order valence-electron chi connectivity index (χ2n) is 7.06. The number of pyridine rings is 1. The number of fused-ring (bicyclic) bond motifs is 4. The zero-order valence-electron chi connectivity index (χ0n) is 17.0. The number of rotatable bonds is 0. The Morgan fingerprint density at radius 3 is 1.65 bits per heavy atom. The van der Waals surface area contributed by atoms with Gasteiger partial charge in [-0.15, -0.1) is 0 Å². The van der Waals surface area contributed by atoms with E-state index in [9.17, 15) is 9.59 Å². The largest absolute Gasteiger partial charge is 0.486 e. The van der Waals surface area contributed by atoms with Crippen molar-refractivity contribution in [3.8, 4) is 11.5 Å². The monoisotopic (exact) mass is 417 g/mol. The number of para-hydroxylation sites is 2. The molecule has 4 rings (SSSR count). The Morgan fingerprint density at radius 2 is 1.13 bits per heavy atom. The van der Waals surface area contributed by atoms with Crippen LogP contribution in [0.3, 0.4) is 0 Å². The van der Waals surface area contributed by atoms with Crippen molar-refractivity contribution < 1.29 is 19.1 Å². The molecule has 2 aromatic carbocycles. The van der Waals surface area contributed by atoms with Crippen molar-refractivity contribution in [2.24, 2.45) is 0 Å². The number of hydrogen-bond donors (Lipinski definition) is 2. The lowest BCUT2D eigenvalue weighted by Gasteiger charge is -2.14. The van der Waals surface area contributed by atoms with Gasteiger partial charge in [0, 0.05) is 13.1 Å². The molecular formula is C24H23N3O4. The van der Waals surface area contributed by atoms with Crippen LogP contribution in [0.5, 0.6) is 11.5 Å². The molecule has 0 spiro atoms. The predicted molar refractivity (Wildman–Crippen MR) is 115 cm³/mol. The topological polar surface area (TPSA) is 89.6 Å². The molecule has 158 valence electrons. The van der Waals surface area contributed by atoms with Crippen molar-refractivity contribution in [3.63, 3.8) is 0 Å². The Hall–Kier alpha value is -3.87. The number of nitrogens with zero attached hydrogens (tertiary/aromatic N) is 1. The van der Waals surface area contributed by atoms with E-state index in [1.54, 1.807) is 36.4 Å². The maximum atomic E-state index is 12.6. The van der Waals surface area contributed by atoms with Crippen LogP contribution < -0.4 is 20.1 Å². The molecule has 7 nitrogen and oxygen atoms in total. The van der Waals surface area contributed by atoms with Crippen LogP contribution in [0.2, 0.25) is 0 Å². The van der Waals surface area contributed by atoms with Crippen LogP contribution in [-0.2, 0) is 13.2 Å². The summed E-state index contributed by atoms with van der Waals surface area (Å²) < 4.78 is 11.8. The van der Waals surface area contributed by atoms with Crippen LogP contribution in [0, 0.1) is 0 Å². The summed E-state index contributed by atoms with van der Waals surface area (Å²) in [6.07, 6.45) is 0.595.